The van der Waals surface area contributed by atoms with E-state index in [4.69, 9.17) is 9.53 Å². The normalized spacial score (nSPS) is 8.47. The Kier molecular flexibility index (Phi) is 7.17. The average molecular weight is 238 g/mol. The van der Waals surface area contributed by atoms with Crippen molar-refractivity contribution in [3.63, 3.8) is 0 Å². The molecule has 0 radical (unpaired) electrons. The van der Waals surface area contributed by atoms with Gasteiger partial charge in [0, 0.05) is 19.7 Å². The van der Waals surface area contributed by atoms with E-state index in [9.17, 15) is 4.79 Å². The Bertz CT molecular complexity index is 378. The molecule has 5 heteroatoms. The SMILES string of the molecule is CC=O.CNc1cc(NC(C)=O)ccc1OC. The molecule has 5 nitrogen and oxygen atoms in total. The summed E-state index contributed by atoms with van der Waals surface area (Å²) in [6.07, 6.45) is 0.750. The predicted octanol–water partition coefficient (Wildman–Crippen LogP) is 1.90. The number of benzene rings is 1. The molecule has 1 aromatic rings. The van der Waals surface area contributed by atoms with Gasteiger partial charge in [-0.15, -0.1) is 0 Å². The van der Waals surface area contributed by atoms with E-state index in [1.54, 1.807) is 26.3 Å². The summed E-state index contributed by atoms with van der Waals surface area (Å²) in [4.78, 5) is 19.6. The van der Waals surface area contributed by atoms with Gasteiger partial charge in [-0.05, 0) is 25.1 Å². The van der Waals surface area contributed by atoms with E-state index in [0.717, 1.165) is 23.4 Å². The summed E-state index contributed by atoms with van der Waals surface area (Å²) in [5.74, 6) is 0.666. The van der Waals surface area contributed by atoms with E-state index < -0.39 is 0 Å². The van der Waals surface area contributed by atoms with Crippen molar-refractivity contribution in [2.75, 3.05) is 24.8 Å². The molecule has 0 bridgehead atoms. The van der Waals surface area contributed by atoms with Gasteiger partial charge in [-0.2, -0.15) is 0 Å². The molecule has 0 atom stereocenters. The maximum Gasteiger partial charge on any atom is 0.221 e. The number of hydrogen-bond acceptors (Lipinski definition) is 4. The summed E-state index contributed by atoms with van der Waals surface area (Å²) in [5, 5.41) is 5.68. The van der Waals surface area contributed by atoms with Crippen LogP contribution >= 0.6 is 0 Å². The number of methoxy groups -OCH3 is 1. The number of anilines is 2. The molecule has 0 heterocycles. The second-order valence-electron chi connectivity index (χ2n) is 3.08. The van der Waals surface area contributed by atoms with Gasteiger partial charge >= 0.3 is 0 Å². The average Bonchev–Trinajstić information content (AvgIpc) is 2.29. The number of carbonyl (C=O) groups excluding carboxylic acids is 2. The highest BCUT2D eigenvalue weighted by atomic mass is 16.5. The number of rotatable bonds is 3. The topological polar surface area (TPSA) is 67.4 Å². The molecule has 0 aliphatic rings. The second kappa shape index (κ2) is 8.15. The van der Waals surface area contributed by atoms with Crippen LogP contribution in [0, 0.1) is 0 Å². The number of carbonyl (C=O) groups is 2. The molecule has 2 N–H and O–H groups in total. The molecule has 94 valence electrons. The molecule has 0 aromatic heterocycles. The van der Waals surface area contributed by atoms with Gasteiger partial charge in [-0.3, -0.25) is 4.79 Å². The molecule has 0 fully saturated rings. The number of aldehydes is 1. The van der Waals surface area contributed by atoms with E-state index in [2.05, 4.69) is 10.6 Å². The van der Waals surface area contributed by atoms with E-state index in [1.165, 1.54) is 13.8 Å². The Morgan fingerprint density at radius 2 is 2.00 bits per heavy atom. The van der Waals surface area contributed by atoms with E-state index in [-0.39, 0.29) is 5.91 Å². The van der Waals surface area contributed by atoms with Gasteiger partial charge < -0.3 is 20.2 Å². The van der Waals surface area contributed by atoms with Crippen LogP contribution in [0.3, 0.4) is 0 Å². The zero-order chi connectivity index (χ0) is 13.3. The first kappa shape index (κ1) is 15.0. The fourth-order valence-electron chi connectivity index (χ4n) is 1.18. The summed E-state index contributed by atoms with van der Waals surface area (Å²) in [5.41, 5.74) is 1.60. The third-order valence-electron chi connectivity index (χ3n) is 1.79. The van der Waals surface area contributed by atoms with E-state index in [0.29, 0.717) is 0 Å². The minimum absolute atomic E-state index is 0.0859. The van der Waals surface area contributed by atoms with Gasteiger partial charge in [0.25, 0.3) is 0 Å². The first-order valence-corrected chi connectivity index (χ1v) is 5.12. The van der Waals surface area contributed by atoms with Crippen molar-refractivity contribution in [2.45, 2.75) is 13.8 Å². The van der Waals surface area contributed by atoms with Crippen LogP contribution in [0.25, 0.3) is 0 Å². The lowest BCUT2D eigenvalue weighted by atomic mass is 10.2. The zero-order valence-corrected chi connectivity index (χ0v) is 10.5. The smallest absolute Gasteiger partial charge is 0.221 e. The third kappa shape index (κ3) is 5.55. The predicted molar refractivity (Wildman–Crippen MR) is 68.6 cm³/mol. The van der Waals surface area contributed by atoms with Gasteiger partial charge in [0.15, 0.2) is 0 Å². The molecule has 1 rings (SSSR count). The monoisotopic (exact) mass is 238 g/mol. The van der Waals surface area contributed by atoms with Crippen LogP contribution in [-0.4, -0.2) is 26.4 Å². The molecule has 1 amide bonds. The Balaban J connectivity index is 0.000000770. The lowest BCUT2D eigenvalue weighted by molar-refractivity contribution is -0.114. The molecule has 17 heavy (non-hydrogen) atoms. The minimum atomic E-state index is -0.0859. The summed E-state index contributed by atoms with van der Waals surface area (Å²) in [6.45, 7) is 2.92. The van der Waals surface area contributed by atoms with Crippen LogP contribution in [0.4, 0.5) is 11.4 Å². The Morgan fingerprint density at radius 3 is 2.41 bits per heavy atom. The van der Waals surface area contributed by atoms with Crippen LogP contribution in [0.5, 0.6) is 5.75 Å². The molecule has 0 aliphatic heterocycles. The van der Waals surface area contributed by atoms with Gasteiger partial charge in [0.2, 0.25) is 5.91 Å². The van der Waals surface area contributed by atoms with Gasteiger partial charge in [0.1, 0.15) is 12.0 Å². The van der Waals surface area contributed by atoms with Gasteiger partial charge in [-0.25, -0.2) is 0 Å². The Labute approximate surface area is 101 Å². The van der Waals surface area contributed by atoms with Crippen LogP contribution in [0.2, 0.25) is 0 Å². The van der Waals surface area contributed by atoms with Crippen LogP contribution in [0.15, 0.2) is 18.2 Å². The maximum atomic E-state index is 10.8. The fourth-order valence-corrected chi connectivity index (χ4v) is 1.18. The van der Waals surface area contributed by atoms with Crippen molar-refractivity contribution in [3.8, 4) is 5.75 Å². The van der Waals surface area contributed by atoms with Crippen molar-refractivity contribution in [1.29, 1.82) is 0 Å². The van der Waals surface area contributed by atoms with Crippen molar-refractivity contribution in [1.82, 2.24) is 0 Å². The molecular weight excluding hydrogens is 220 g/mol. The first-order valence-electron chi connectivity index (χ1n) is 5.12. The molecule has 0 unspecified atom stereocenters. The van der Waals surface area contributed by atoms with E-state index >= 15 is 0 Å². The number of ether oxygens (including phenoxy) is 1. The summed E-state index contributed by atoms with van der Waals surface area (Å²) in [6, 6.07) is 5.42. The quantitative estimate of drug-likeness (QED) is 0.789. The van der Waals surface area contributed by atoms with Crippen molar-refractivity contribution < 1.29 is 14.3 Å². The van der Waals surface area contributed by atoms with Gasteiger partial charge in [-0.1, -0.05) is 0 Å². The number of amides is 1. The minimum Gasteiger partial charge on any atom is -0.495 e. The maximum absolute atomic E-state index is 10.8. The molecule has 0 saturated carbocycles. The summed E-state index contributed by atoms with van der Waals surface area (Å²) < 4.78 is 5.12. The van der Waals surface area contributed by atoms with Gasteiger partial charge in [0.05, 0.1) is 12.8 Å². The lowest BCUT2D eigenvalue weighted by Crippen LogP contribution is -2.06. The van der Waals surface area contributed by atoms with Crippen molar-refractivity contribution >= 4 is 23.6 Å². The van der Waals surface area contributed by atoms with Crippen LogP contribution in [-0.2, 0) is 9.59 Å². The molecule has 0 aliphatic carbocycles. The fraction of sp³-hybridized carbons (Fsp3) is 0.333. The first-order chi connectivity index (χ1) is 8.08. The summed E-state index contributed by atoms with van der Waals surface area (Å²) >= 11 is 0. The largest absolute Gasteiger partial charge is 0.495 e. The molecule has 0 spiro atoms. The van der Waals surface area contributed by atoms with Crippen LogP contribution < -0.4 is 15.4 Å². The standard InChI is InChI=1S/C10H14N2O2.C2H4O/c1-7(13)12-8-4-5-10(14-3)9(6-8)11-2;1-2-3/h4-6,11H,1-3H3,(H,12,13);2H,1H3. The highest BCUT2D eigenvalue weighted by Crippen LogP contribution is 2.26. The lowest BCUT2D eigenvalue weighted by Gasteiger charge is -2.10. The van der Waals surface area contributed by atoms with Crippen molar-refractivity contribution in [3.05, 3.63) is 18.2 Å². The van der Waals surface area contributed by atoms with Crippen molar-refractivity contribution in [2.24, 2.45) is 0 Å². The van der Waals surface area contributed by atoms with Crippen LogP contribution in [0.1, 0.15) is 13.8 Å². The Morgan fingerprint density at radius 1 is 1.41 bits per heavy atom. The summed E-state index contributed by atoms with van der Waals surface area (Å²) in [7, 11) is 3.41. The molecular formula is C12H18N2O3. The molecule has 1 aromatic carbocycles. The number of hydrogen-bond donors (Lipinski definition) is 2. The molecule has 0 saturated heterocycles. The zero-order valence-electron chi connectivity index (χ0n) is 10.5. The Hall–Kier alpha value is -2.04. The third-order valence-corrected chi connectivity index (χ3v) is 1.79. The number of nitrogens with one attached hydrogen (secondary N) is 2. The van der Waals surface area contributed by atoms with E-state index in [1.807, 2.05) is 6.07 Å². The second-order valence-corrected chi connectivity index (χ2v) is 3.08. The highest BCUT2D eigenvalue weighted by molar-refractivity contribution is 5.89. The highest BCUT2D eigenvalue weighted by Gasteiger charge is 2.02.